The van der Waals surface area contributed by atoms with E-state index in [-0.39, 0.29) is 42.5 Å². The molecule has 3 heterocycles. The standard InChI is InChI=1S/C53H74N6O12/c1-4-5-6-7-8-9-10-11-12-13-14-15-16-17-18-27-43(62)70-35(28-29-42(61)53(47(64)46(63)41(30-60)71-53)59-33-55-45-48(59)57-51(54)58-49(45)65)31-68-50(66)44(34(2)3)56-52(67)69-32-40-38-25-21-19-23-36(38)37-24-20-22-26-39(37)40/h19-26,33-35,40-41,44,46-47,60,63-64H,4-18,27-32H2,1-3H3,(H,56,67)(H3,54,57,58,65)/t35?,41-,44+,46-,47-,53-/m1/s1. The van der Waals surface area contributed by atoms with Crippen LogP contribution in [0, 0.1) is 5.92 Å². The molecule has 0 saturated carbocycles. The predicted octanol–water partition coefficient (Wildman–Crippen LogP) is 7.10. The number of Topliss-reactive ketones (excluding diaryl/α,β-unsaturated/α-hetero) is 1. The van der Waals surface area contributed by atoms with E-state index in [1.165, 1.54) is 64.2 Å². The number of hydrogen-bond donors (Lipinski definition) is 6. The molecule has 2 aliphatic rings. The number of unbranched alkanes of at least 4 members (excludes halogenated alkanes) is 14. The molecular formula is C53H74N6O12. The fourth-order valence-corrected chi connectivity index (χ4v) is 9.75. The van der Waals surface area contributed by atoms with Crippen LogP contribution in [-0.2, 0) is 39.1 Å². The highest BCUT2D eigenvalue weighted by Crippen LogP contribution is 2.45. The molecule has 1 aliphatic heterocycles. The lowest BCUT2D eigenvalue weighted by Gasteiger charge is -2.32. The number of ether oxygens (including phenoxy) is 4. The Labute approximate surface area is 415 Å². The van der Waals surface area contributed by atoms with Gasteiger partial charge < -0.3 is 45.3 Å². The molecule has 1 unspecified atom stereocenters. The van der Waals surface area contributed by atoms with Crippen LogP contribution in [0.3, 0.4) is 0 Å². The molecule has 7 N–H and O–H groups in total. The molecule has 6 atom stereocenters. The average Bonchev–Trinajstić information content (AvgIpc) is 4.01. The number of ketones is 1. The summed E-state index contributed by atoms with van der Waals surface area (Å²) >= 11 is 0. The zero-order valence-corrected chi connectivity index (χ0v) is 41.5. The number of benzene rings is 2. The van der Waals surface area contributed by atoms with Crippen molar-refractivity contribution < 1.29 is 53.4 Å². The molecule has 0 bridgehead atoms. The number of nitrogens with zero attached hydrogens (tertiary/aromatic N) is 3. The van der Waals surface area contributed by atoms with Crippen molar-refractivity contribution in [1.29, 1.82) is 0 Å². The molecule has 1 aliphatic carbocycles. The van der Waals surface area contributed by atoms with Crippen LogP contribution >= 0.6 is 0 Å². The number of aromatic amines is 1. The van der Waals surface area contributed by atoms with Gasteiger partial charge in [-0.1, -0.05) is 159 Å². The number of nitrogen functional groups attached to an aromatic ring is 1. The average molecular weight is 987 g/mol. The highest BCUT2D eigenvalue weighted by atomic mass is 16.6. The van der Waals surface area contributed by atoms with E-state index < -0.39 is 91.1 Å². The van der Waals surface area contributed by atoms with E-state index in [0.717, 1.165) is 58.8 Å². The van der Waals surface area contributed by atoms with Gasteiger partial charge in [-0.3, -0.25) is 23.9 Å². The SMILES string of the molecule is CCCCCCCCCCCCCCCCCC(=O)OC(CCC(=O)[C@@]1(n2cnc3c(=O)[nH]c(N)nc32)O[C@H](CO)[C@@H](O)[C@H]1O)COC(=O)[C@@H](NC(=O)OCC1c2ccccc2-c2ccccc21)C(C)C. The number of alkyl carbamates (subject to hydrolysis) is 1. The van der Waals surface area contributed by atoms with E-state index in [2.05, 4.69) is 27.2 Å². The molecular weight excluding hydrogens is 913 g/mol. The Kier molecular flexibility index (Phi) is 20.5. The van der Waals surface area contributed by atoms with Gasteiger partial charge in [0.15, 0.2) is 16.9 Å². The summed E-state index contributed by atoms with van der Waals surface area (Å²) in [7, 11) is 0. The summed E-state index contributed by atoms with van der Waals surface area (Å²) in [5.41, 5.74) is 6.32. The maximum atomic E-state index is 14.5. The van der Waals surface area contributed by atoms with E-state index >= 15 is 0 Å². The quantitative estimate of drug-likeness (QED) is 0.0173. The summed E-state index contributed by atoms with van der Waals surface area (Å²) in [4.78, 5) is 78.1. The van der Waals surface area contributed by atoms with Gasteiger partial charge in [0.1, 0.15) is 50.0 Å². The molecule has 6 rings (SSSR count). The number of amides is 1. The number of aromatic nitrogens is 4. The van der Waals surface area contributed by atoms with Crippen LogP contribution < -0.4 is 16.6 Å². The minimum absolute atomic E-state index is 0.0237. The van der Waals surface area contributed by atoms with E-state index in [1.54, 1.807) is 13.8 Å². The van der Waals surface area contributed by atoms with Gasteiger partial charge in [-0.25, -0.2) is 14.6 Å². The third-order valence-corrected chi connectivity index (χ3v) is 13.7. The van der Waals surface area contributed by atoms with Crippen molar-refractivity contribution in [2.75, 3.05) is 25.6 Å². The number of rotatable bonds is 30. The van der Waals surface area contributed by atoms with Gasteiger partial charge >= 0.3 is 18.0 Å². The largest absolute Gasteiger partial charge is 0.460 e. The molecule has 2 aromatic carbocycles. The van der Waals surface area contributed by atoms with Gasteiger partial charge in [0.05, 0.1) is 6.61 Å². The van der Waals surface area contributed by atoms with Crippen LogP contribution in [0.4, 0.5) is 10.7 Å². The Bertz CT molecular complexity index is 2390. The van der Waals surface area contributed by atoms with Crippen molar-refractivity contribution in [3.8, 4) is 11.1 Å². The fraction of sp³-hybridized carbons (Fsp3) is 0.604. The van der Waals surface area contributed by atoms with Gasteiger partial charge in [0, 0.05) is 18.8 Å². The monoisotopic (exact) mass is 987 g/mol. The second-order valence-electron chi connectivity index (χ2n) is 19.3. The number of imidazole rings is 1. The Balaban J connectivity index is 1.07. The summed E-state index contributed by atoms with van der Waals surface area (Å²) in [6.45, 7) is 4.41. The summed E-state index contributed by atoms with van der Waals surface area (Å²) in [6, 6.07) is 14.7. The van der Waals surface area contributed by atoms with Gasteiger partial charge in [0.2, 0.25) is 11.7 Å². The van der Waals surface area contributed by atoms with Gasteiger partial charge in [-0.05, 0) is 41.0 Å². The predicted molar refractivity (Wildman–Crippen MR) is 266 cm³/mol. The van der Waals surface area contributed by atoms with E-state index in [0.29, 0.717) is 6.42 Å². The second kappa shape index (κ2) is 26.7. The Morgan fingerprint density at radius 1 is 0.845 bits per heavy atom. The van der Waals surface area contributed by atoms with Crippen molar-refractivity contribution in [2.24, 2.45) is 5.92 Å². The van der Waals surface area contributed by atoms with Crippen LogP contribution in [0.2, 0.25) is 0 Å². The molecule has 2 aromatic heterocycles. The summed E-state index contributed by atoms with van der Waals surface area (Å²) < 4.78 is 24.2. The number of nitrogens with two attached hydrogens (primary N) is 1. The third-order valence-electron chi connectivity index (χ3n) is 13.7. The molecule has 1 fully saturated rings. The third kappa shape index (κ3) is 13.8. The lowest BCUT2D eigenvalue weighted by molar-refractivity contribution is -0.175. The van der Waals surface area contributed by atoms with Crippen molar-refractivity contribution in [3.63, 3.8) is 0 Å². The number of carbonyl (C=O) groups excluding carboxylic acids is 4. The first-order valence-corrected chi connectivity index (χ1v) is 25.7. The molecule has 18 heteroatoms. The molecule has 1 saturated heterocycles. The van der Waals surface area contributed by atoms with Crippen LogP contribution in [0.1, 0.15) is 153 Å². The topological polar surface area (TPSA) is 268 Å². The van der Waals surface area contributed by atoms with E-state index in [9.17, 15) is 39.3 Å². The first-order chi connectivity index (χ1) is 34.3. The highest BCUT2D eigenvalue weighted by molar-refractivity contribution is 5.88. The Morgan fingerprint density at radius 2 is 1.42 bits per heavy atom. The van der Waals surface area contributed by atoms with Crippen molar-refractivity contribution >= 4 is 40.9 Å². The van der Waals surface area contributed by atoms with Crippen LogP contribution in [0.25, 0.3) is 22.3 Å². The number of carbonyl (C=O) groups is 4. The number of H-pyrrole nitrogens is 1. The first-order valence-electron chi connectivity index (χ1n) is 25.7. The van der Waals surface area contributed by atoms with E-state index in [4.69, 9.17) is 24.7 Å². The smallest absolute Gasteiger partial charge is 0.407 e. The summed E-state index contributed by atoms with van der Waals surface area (Å²) in [6.07, 6.45) is 10.6. The Hall–Kier alpha value is -5.69. The van der Waals surface area contributed by atoms with Gasteiger partial charge in [-0.15, -0.1) is 0 Å². The number of aliphatic hydroxyl groups is 3. The molecule has 18 nitrogen and oxygen atoms in total. The van der Waals surface area contributed by atoms with Crippen molar-refractivity contribution in [3.05, 3.63) is 76.3 Å². The number of anilines is 1. The zero-order valence-electron chi connectivity index (χ0n) is 41.5. The number of aliphatic hydroxyl groups excluding tert-OH is 3. The van der Waals surface area contributed by atoms with Crippen molar-refractivity contribution in [2.45, 2.75) is 178 Å². The molecule has 1 amide bonds. The lowest BCUT2D eigenvalue weighted by Crippen LogP contribution is -2.52. The van der Waals surface area contributed by atoms with Gasteiger partial charge in [0.25, 0.3) is 5.56 Å². The summed E-state index contributed by atoms with van der Waals surface area (Å²) in [5, 5.41) is 35.1. The number of fused-ring (bicyclic) bond motifs is 4. The minimum atomic E-state index is -2.47. The maximum Gasteiger partial charge on any atom is 0.407 e. The lowest BCUT2D eigenvalue weighted by atomic mass is 9.94. The number of esters is 2. The normalized spacial score (nSPS) is 19.3. The zero-order chi connectivity index (χ0) is 50.9. The minimum Gasteiger partial charge on any atom is -0.460 e. The molecule has 0 spiro atoms. The highest BCUT2D eigenvalue weighted by Gasteiger charge is 2.60. The van der Waals surface area contributed by atoms with Crippen LogP contribution in [-0.4, -0.2) is 109 Å². The van der Waals surface area contributed by atoms with Crippen LogP contribution in [0.5, 0.6) is 0 Å². The molecule has 71 heavy (non-hydrogen) atoms. The molecule has 388 valence electrons. The molecule has 0 radical (unpaired) electrons. The second-order valence-corrected chi connectivity index (χ2v) is 19.3. The summed E-state index contributed by atoms with van der Waals surface area (Å²) in [5.74, 6) is -3.26. The fourth-order valence-electron chi connectivity index (χ4n) is 9.75. The maximum absolute atomic E-state index is 14.5. The molecule has 4 aromatic rings. The van der Waals surface area contributed by atoms with Gasteiger partial charge in [-0.2, -0.15) is 4.98 Å². The Morgan fingerprint density at radius 3 is 1.99 bits per heavy atom. The number of nitrogens with one attached hydrogen (secondary N) is 2. The van der Waals surface area contributed by atoms with Crippen molar-refractivity contribution in [1.82, 2.24) is 24.8 Å². The number of hydrogen-bond acceptors (Lipinski definition) is 15. The van der Waals surface area contributed by atoms with Crippen LogP contribution in [0.15, 0.2) is 59.7 Å². The first kappa shape index (κ1) is 54.6. The van der Waals surface area contributed by atoms with E-state index in [1.807, 2.05) is 48.5 Å².